The third-order valence-electron chi connectivity index (χ3n) is 3.52. The van der Waals surface area contributed by atoms with Gasteiger partial charge in [-0.05, 0) is 23.7 Å². The van der Waals surface area contributed by atoms with E-state index in [1.54, 1.807) is 0 Å². The van der Waals surface area contributed by atoms with Gasteiger partial charge in [0.25, 0.3) is 0 Å². The Labute approximate surface area is 78.5 Å². The van der Waals surface area contributed by atoms with Crippen molar-refractivity contribution in [3.63, 3.8) is 0 Å². The number of hydrogen-bond donors (Lipinski definition) is 2. The Morgan fingerprint density at radius 2 is 2.08 bits per heavy atom. The molecule has 2 fully saturated rings. The van der Waals surface area contributed by atoms with Crippen LogP contribution < -0.4 is 5.32 Å². The monoisotopic (exact) mass is 183 g/mol. The first-order valence-corrected chi connectivity index (χ1v) is 4.89. The third-order valence-corrected chi connectivity index (χ3v) is 3.52. The van der Waals surface area contributed by atoms with E-state index in [0.29, 0.717) is 12.0 Å². The van der Waals surface area contributed by atoms with Gasteiger partial charge in [-0.15, -0.1) is 0 Å². The van der Waals surface area contributed by atoms with Crippen molar-refractivity contribution in [1.82, 2.24) is 5.32 Å². The first kappa shape index (κ1) is 9.00. The average Bonchev–Trinajstić information content (AvgIpc) is 2.28. The molecule has 13 heavy (non-hydrogen) atoms. The van der Waals surface area contributed by atoms with Crippen molar-refractivity contribution >= 4 is 5.97 Å². The standard InChI is InChI=1S/C10H17NO2/c1-9(2)4-10(5-9)6-11-3-7(10)8(12)13/h7,11H,3-6H2,1-2H3,(H,12,13). The van der Waals surface area contributed by atoms with E-state index in [2.05, 4.69) is 19.2 Å². The van der Waals surface area contributed by atoms with Crippen LogP contribution in [0.4, 0.5) is 0 Å². The van der Waals surface area contributed by atoms with Crippen molar-refractivity contribution in [2.75, 3.05) is 13.1 Å². The minimum Gasteiger partial charge on any atom is -0.481 e. The minimum atomic E-state index is -0.625. The molecular weight excluding hydrogens is 166 g/mol. The molecule has 1 spiro atoms. The van der Waals surface area contributed by atoms with Crippen LogP contribution >= 0.6 is 0 Å². The highest BCUT2D eigenvalue weighted by atomic mass is 16.4. The Morgan fingerprint density at radius 1 is 1.46 bits per heavy atom. The van der Waals surface area contributed by atoms with Crippen LogP contribution in [0.2, 0.25) is 0 Å². The van der Waals surface area contributed by atoms with E-state index in [1.165, 1.54) is 0 Å². The van der Waals surface area contributed by atoms with E-state index in [4.69, 9.17) is 5.11 Å². The van der Waals surface area contributed by atoms with Crippen LogP contribution in [-0.2, 0) is 4.79 Å². The summed E-state index contributed by atoms with van der Waals surface area (Å²) in [5.41, 5.74) is 0.440. The van der Waals surface area contributed by atoms with Crippen LogP contribution in [0.25, 0.3) is 0 Å². The van der Waals surface area contributed by atoms with Gasteiger partial charge in [0.05, 0.1) is 5.92 Å². The Bertz CT molecular complexity index is 239. The van der Waals surface area contributed by atoms with Gasteiger partial charge in [-0.2, -0.15) is 0 Å². The van der Waals surface area contributed by atoms with Crippen LogP contribution in [0.3, 0.4) is 0 Å². The average molecular weight is 183 g/mol. The fraction of sp³-hybridized carbons (Fsp3) is 0.900. The maximum Gasteiger partial charge on any atom is 0.308 e. The lowest BCUT2D eigenvalue weighted by Crippen LogP contribution is -2.50. The second kappa shape index (κ2) is 2.47. The SMILES string of the molecule is CC1(C)CC2(CNCC2C(=O)O)C1. The van der Waals surface area contributed by atoms with Crippen molar-refractivity contribution in [3.05, 3.63) is 0 Å². The predicted octanol–water partition coefficient (Wildman–Crippen LogP) is 1.10. The molecule has 74 valence electrons. The van der Waals surface area contributed by atoms with E-state index < -0.39 is 5.97 Å². The summed E-state index contributed by atoms with van der Waals surface area (Å²) in [7, 11) is 0. The highest BCUT2D eigenvalue weighted by molar-refractivity contribution is 5.72. The molecule has 1 saturated carbocycles. The second-order valence-corrected chi connectivity index (χ2v) is 5.40. The third kappa shape index (κ3) is 1.26. The van der Waals surface area contributed by atoms with Crippen molar-refractivity contribution in [2.24, 2.45) is 16.7 Å². The number of carboxylic acids is 1. The van der Waals surface area contributed by atoms with Crippen molar-refractivity contribution in [2.45, 2.75) is 26.7 Å². The van der Waals surface area contributed by atoms with E-state index in [-0.39, 0.29) is 11.3 Å². The number of rotatable bonds is 1. The van der Waals surface area contributed by atoms with Crippen LogP contribution in [0.1, 0.15) is 26.7 Å². The van der Waals surface area contributed by atoms with E-state index in [9.17, 15) is 4.79 Å². The first-order chi connectivity index (χ1) is 5.95. The predicted molar refractivity (Wildman–Crippen MR) is 49.4 cm³/mol. The number of aliphatic carboxylic acids is 1. The highest BCUT2D eigenvalue weighted by Gasteiger charge is 2.57. The van der Waals surface area contributed by atoms with Crippen LogP contribution in [0, 0.1) is 16.7 Å². The summed E-state index contributed by atoms with van der Waals surface area (Å²) in [5.74, 6) is -0.777. The Hall–Kier alpha value is -0.570. The molecule has 0 aromatic rings. The number of hydrogen-bond acceptors (Lipinski definition) is 2. The van der Waals surface area contributed by atoms with E-state index >= 15 is 0 Å². The van der Waals surface area contributed by atoms with Gasteiger partial charge < -0.3 is 10.4 Å². The largest absolute Gasteiger partial charge is 0.481 e. The lowest BCUT2D eigenvalue weighted by atomic mass is 9.51. The quantitative estimate of drug-likeness (QED) is 0.640. The van der Waals surface area contributed by atoms with Gasteiger partial charge in [0, 0.05) is 13.1 Å². The molecular formula is C10H17NO2. The summed E-state index contributed by atoms with van der Waals surface area (Å²) >= 11 is 0. The van der Waals surface area contributed by atoms with Crippen LogP contribution in [-0.4, -0.2) is 24.2 Å². The van der Waals surface area contributed by atoms with E-state index in [1.807, 2.05) is 0 Å². The molecule has 0 bridgehead atoms. The molecule has 1 aliphatic carbocycles. The molecule has 1 saturated heterocycles. The molecule has 1 aliphatic heterocycles. The minimum absolute atomic E-state index is 0.0787. The molecule has 2 aliphatic rings. The molecule has 0 radical (unpaired) electrons. The lowest BCUT2D eigenvalue weighted by Gasteiger charge is -2.53. The molecule has 2 rings (SSSR count). The van der Waals surface area contributed by atoms with Gasteiger partial charge in [0.1, 0.15) is 0 Å². The number of nitrogens with one attached hydrogen (secondary N) is 1. The summed E-state index contributed by atoms with van der Waals surface area (Å²) in [6.07, 6.45) is 2.12. The molecule has 3 heteroatoms. The Kier molecular flexibility index (Phi) is 1.71. The van der Waals surface area contributed by atoms with Gasteiger partial charge in [-0.25, -0.2) is 0 Å². The number of carbonyl (C=O) groups is 1. The fourth-order valence-electron chi connectivity index (χ4n) is 3.38. The number of carboxylic acid groups (broad SMARTS) is 1. The van der Waals surface area contributed by atoms with E-state index in [0.717, 1.165) is 19.4 Å². The van der Waals surface area contributed by atoms with Crippen molar-refractivity contribution < 1.29 is 9.90 Å². The van der Waals surface area contributed by atoms with Gasteiger partial charge >= 0.3 is 5.97 Å². The van der Waals surface area contributed by atoms with Crippen LogP contribution in [0.15, 0.2) is 0 Å². The fourth-order valence-corrected chi connectivity index (χ4v) is 3.38. The van der Waals surface area contributed by atoms with Gasteiger partial charge in [-0.3, -0.25) is 4.79 Å². The molecule has 0 amide bonds. The topological polar surface area (TPSA) is 49.3 Å². The maximum atomic E-state index is 11.0. The normalized spacial score (nSPS) is 34.5. The van der Waals surface area contributed by atoms with Crippen molar-refractivity contribution in [1.29, 1.82) is 0 Å². The summed E-state index contributed by atoms with van der Waals surface area (Å²) in [4.78, 5) is 11.0. The maximum absolute atomic E-state index is 11.0. The Balaban J connectivity index is 2.12. The molecule has 1 unspecified atom stereocenters. The zero-order valence-electron chi connectivity index (χ0n) is 8.26. The van der Waals surface area contributed by atoms with Gasteiger partial charge in [-0.1, -0.05) is 13.8 Å². The van der Waals surface area contributed by atoms with Gasteiger partial charge in [0.15, 0.2) is 0 Å². The summed E-state index contributed by atoms with van der Waals surface area (Å²) < 4.78 is 0. The summed E-state index contributed by atoms with van der Waals surface area (Å²) in [6, 6.07) is 0. The molecule has 3 nitrogen and oxygen atoms in total. The first-order valence-electron chi connectivity index (χ1n) is 4.89. The molecule has 1 atom stereocenters. The smallest absolute Gasteiger partial charge is 0.308 e. The zero-order valence-corrected chi connectivity index (χ0v) is 8.26. The summed E-state index contributed by atoms with van der Waals surface area (Å²) in [6.45, 7) is 5.99. The Morgan fingerprint density at radius 3 is 2.54 bits per heavy atom. The van der Waals surface area contributed by atoms with Crippen molar-refractivity contribution in [3.8, 4) is 0 Å². The zero-order chi connectivity index (χ0) is 9.69. The summed E-state index contributed by atoms with van der Waals surface area (Å²) in [5, 5.41) is 12.2. The van der Waals surface area contributed by atoms with Crippen LogP contribution in [0.5, 0.6) is 0 Å². The second-order valence-electron chi connectivity index (χ2n) is 5.40. The highest BCUT2D eigenvalue weighted by Crippen LogP contribution is 2.59. The molecule has 0 aromatic carbocycles. The molecule has 0 aromatic heterocycles. The molecule has 2 N–H and O–H groups in total. The molecule has 1 heterocycles. The van der Waals surface area contributed by atoms with Gasteiger partial charge in [0.2, 0.25) is 0 Å². The lowest BCUT2D eigenvalue weighted by molar-refractivity contribution is -0.151.